The van der Waals surface area contributed by atoms with Gasteiger partial charge in [0.15, 0.2) is 0 Å². The van der Waals surface area contributed by atoms with Crippen molar-refractivity contribution < 1.29 is 0 Å². The summed E-state index contributed by atoms with van der Waals surface area (Å²) in [6, 6.07) is 6.75. The largest absolute Gasteiger partial charge is 0.376 e. The number of aryl methyl sites for hydroxylation is 2. The summed E-state index contributed by atoms with van der Waals surface area (Å²) in [5, 5.41) is 0. The molecule has 1 aliphatic heterocycles. The van der Waals surface area contributed by atoms with Gasteiger partial charge < -0.3 is 4.90 Å². The fourth-order valence-corrected chi connectivity index (χ4v) is 3.47. The molecule has 2 rings (SSSR count). The van der Waals surface area contributed by atoms with Gasteiger partial charge in [-0.1, -0.05) is 47.5 Å². The molecule has 0 amide bonds. The van der Waals surface area contributed by atoms with Gasteiger partial charge in [0, 0.05) is 23.3 Å². The molecule has 2 heteroatoms. The summed E-state index contributed by atoms with van der Waals surface area (Å²) in [6.45, 7) is 10.8. The Kier molecular flexibility index (Phi) is 6.35. The van der Waals surface area contributed by atoms with Crippen LogP contribution in [0.1, 0.15) is 50.2 Å². The smallest absolute Gasteiger partial charge is 0.0204 e. The van der Waals surface area contributed by atoms with Crippen molar-refractivity contribution in [1.82, 2.24) is 4.90 Å². The van der Waals surface area contributed by atoms with Gasteiger partial charge in [-0.15, -0.1) is 0 Å². The number of piperidine rings is 1. The second-order valence-electron chi connectivity index (χ2n) is 6.50. The van der Waals surface area contributed by atoms with Crippen molar-refractivity contribution in [2.75, 3.05) is 13.1 Å². The van der Waals surface area contributed by atoms with Crippen molar-refractivity contribution in [2.45, 2.75) is 52.4 Å². The Morgan fingerprint density at radius 3 is 2.62 bits per heavy atom. The van der Waals surface area contributed by atoms with Gasteiger partial charge in [0.1, 0.15) is 0 Å². The van der Waals surface area contributed by atoms with Crippen LogP contribution in [0.2, 0.25) is 0 Å². The molecule has 1 heterocycles. The summed E-state index contributed by atoms with van der Waals surface area (Å²) in [5.41, 5.74) is 4.06. The van der Waals surface area contributed by atoms with E-state index in [1.54, 1.807) is 0 Å². The zero-order valence-electron chi connectivity index (χ0n) is 13.5. The maximum atomic E-state index is 4.05. The molecule has 1 aromatic carbocycles. The first-order chi connectivity index (χ1) is 10.1. The lowest BCUT2D eigenvalue weighted by Gasteiger charge is -2.33. The van der Waals surface area contributed by atoms with Crippen LogP contribution in [-0.4, -0.2) is 18.0 Å². The molecular formula is C19H28BrN. The van der Waals surface area contributed by atoms with Crippen LogP contribution in [0.25, 0.3) is 0 Å². The number of benzene rings is 1. The number of unbranched alkanes of at least 4 members (excludes halogenated alkanes) is 1. The number of nitrogens with zero attached hydrogens (tertiary/aromatic N) is 1. The SMILES string of the molecule is C=C(C)N1CCC(CCCCc2ccc(Br)c(C)c2)CC1. The maximum absolute atomic E-state index is 4.05. The van der Waals surface area contributed by atoms with E-state index >= 15 is 0 Å². The molecule has 0 aromatic heterocycles. The van der Waals surface area contributed by atoms with E-state index in [4.69, 9.17) is 0 Å². The molecule has 1 saturated heterocycles. The molecule has 0 unspecified atom stereocenters. The number of allylic oxidation sites excluding steroid dienone is 1. The Morgan fingerprint density at radius 2 is 2.00 bits per heavy atom. The molecule has 0 bridgehead atoms. The number of halogens is 1. The predicted octanol–water partition coefficient (Wildman–Crippen LogP) is 5.72. The fourth-order valence-electron chi connectivity index (χ4n) is 3.23. The minimum atomic E-state index is 0.937. The van der Waals surface area contributed by atoms with Crippen LogP contribution in [0.4, 0.5) is 0 Å². The highest BCUT2D eigenvalue weighted by atomic mass is 79.9. The normalized spacial score (nSPS) is 16.2. The summed E-state index contributed by atoms with van der Waals surface area (Å²) in [6.07, 6.45) is 8.02. The van der Waals surface area contributed by atoms with Crippen LogP contribution >= 0.6 is 15.9 Å². The second kappa shape index (κ2) is 8.03. The first-order valence-corrected chi connectivity index (χ1v) is 9.01. The molecule has 0 radical (unpaired) electrons. The van der Waals surface area contributed by atoms with Crippen LogP contribution < -0.4 is 0 Å². The third kappa shape index (κ3) is 5.18. The van der Waals surface area contributed by atoms with Crippen LogP contribution in [0.5, 0.6) is 0 Å². The first-order valence-electron chi connectivity index (χ1n) is 8.21. The summed E-state index contributed by atoms with van der Waals surface area (Å²) < 4.78 is 1.22. The van der Waals surface area contributed by atoms with Crippen molar-refractivity contribution in [2.24, 2.45) is 5.92 Å². The van der Waals surface area contributed by atoms with Crippen LogP contribution in [0.3, 0.4) is 0 Å². The van der Waals surface area contributed by atoms with Gasteiger partial charge in [0.25, 0.3) is 0 Å². The molecular weight excluding hydrogens is 322 g/mol. The molecule has 1 aromatic rings. The van der Waals surface area contributed by atoms with Crippen molar-refractivity contribution in [3.63, 3.8) is 0 Å². The number of rotatable bonds is 6. The summed E-state index contributed by atoms with van der Waals surface area (Å²) in [7, 11) is 0. The summed E-state index contributed by atoms with van der Waals surface area (Å²) in [4.78, 5) is 2.43. The number of hydrogen-bond acceptors (Lipinski definition) is 1. The Morgan fingerprint density at radius 1 is 1.29 bits per heavy atom. The Bertz CT molecular complexity index is 472. The minimum absolute atomic E-state index is 0.937. The van der Waals surface area contributed by atoms with Crippen molar-refractivity contribution in [3.8, 4) is 0 Å². The standard InChI is InChI=1S/C19H28BrN/c1-15(2)21-12-10-17(11-13-21)6-4-5-7-18-8-9-19(20)16(3)14-18/h8-9,14,17H,1,4-7,10-13H2,2-3H3. The van der Waals surface area contributed by atoms with Crippen LogP contribution in [0, 0.1) is 12.8 Å². The van der Waals surface area contributed by atoms with E-state index in [9.17, 15) is 0 Å². The van der Waals surface area contributed by atoms with Gasteiger partial charge in [-0.3, -0.25) is 0 Å². The Hall–Kier alpha value is -0.760. The molecule has 0 aliphatic carbocycles. The van der Waals surface area contributed by atoms with E-state index in [2.05, 4.69) is 59.5 Å². The highest BCUT2D eigenvalue weighted by molar-refractivity contribution is 9.10. The molecule has 1 aliphatic rings. The van der Waals surface area contributed by atoms with E-state index in [0.717, 1.165) is 5.92 Å². The molecule has 116 valence electrons. The second-order valence-corrected chi connectivity index (χ2v) is 7.35. The summed E-state index contributed by atoms with van der Waals surface area (Å²) >= 11 is 3.57. The Balaban J connectivity index is 1.64. The zero-order chi connectivity index (χ0) is 15.2. The van der Waals surface area contributed by atoms with E-state index in [0.29, 0.717) is 0 Å². The van der Waals surface area contributed by atoms with Crippen LogP contribution in [-0.2, 0) is 6.42 Å². The number of likely N-dealkylation sites (tertiary alicyclic amines) is 1. The van der Waals surface area contributed by atoms with Gasteiger partial charge in [-0.25, -0.2) is 0 Å². The average molecular weight is 350 g/mol. The molecule has 0 atom stereocenters. The van der Waals surface area contributed by atoms with Gasteiger partial charge in [-0.05, 0) is 62.6 Å². The third-order valence-corrected chi connectivity index (χ3v) is 5.59. The molecule has 1 nitrogen and oxygen atoms in total. The van der Waals surface area contributed by atoms with Crippen molar-refractivity contribution in [3.05, 3.63) is 46.1 Å². The molecule has 21 heavy (non-hydrogen) atoms. The van der Waals surface area contributed by atoms with Gasteiger partial charge in [0.2, 0.25) is 0 Å². The topological polar surface area (TPSA) is 3.24 Å². The van der Waals surface area contributed by atoms with E-state index in [-0.39, 0.29) is 0 Å². The highest BCUT2D eigenvalue weighted by Crippen LogP contribution is 2.25. The minimum Gasteiger partial charge on any atom is -0.376 e. The lowest BCUT2D eigenvalue weighted by atomic mass is 9.90. The highest BCUT2D eigenvalue weighted by Gasteiger charge is 2.18. The van der Waals surface area contributed by atoms with Gasteiger partial charge >= 0.3 is 0 Å². The quantitative estimate of drug-likeness (QED) is 0.594. The van der Waals surface area contributed by atoms with Gasteiger partial charge in [0.05, 0.1) is 0 Å². The molecule has 0 saturated carbocycles. The van der Waals surface area contributed by atoms with Crippen molar-refractivity contribution in [1.29, 1.82) is 0 Å². The van der Waals surface area contributed by atoms with Crippen LogP contribution in [0.15, 0.2) is 34.9 Å². The summed E-state index contributed by atoms with van der Waals surface area (Å²) in [5.74, 6) is 0.937. The van der Waals surface area contributed by atoms with E-state index in [1.165, 1.54) is 72.9 Å². The fraction of sp³-hybridized carbons (Fsp3) is 0.579. The van der Waals surface area contributed by atoms with Crippen molar-refractivity contribution >= 4 is 15.9 Å². The monoisotopic (exact) mass is 349 g/mol. The lowest BCUT2D eigenvalue weighted by Crippen LogP contribution is -2.31. The third-order valence-electron chi connectivity index (χ3n) is 4.70. The van der Waals surface area contributed by atoms with E-state index in [1.807, 2.05) is 0 Å². The lowest BCUT2D eigenvalue weighted by molar-refractivity contribution is 0.217. The predicted molar refractivity (Wildman–Crippen MR) is 95.5 cm³/mol. The molecule has 0 spiro atoms. The average Bonchev–Trinajstić information content (AvgIpc) is 2.47. The Labute approximate surface area is 138 Å². The molecule has 0 N–H and O–H groups in total. The first kappa shape index (κ1) is 16.6. The maximum Gasteiger partial charge on any atom is 0.0204 e. The number of hydrogen-bond donors (Lipinski definition) is 0. The zero-order valence-corrected chi connectivity index (χ0v) is 15.1. The molecule has 1 fully saturated rings. The van der Waals surface area contributed by atoms with Gasteiger partial charge in [-0.2, -0.15) is 0 Å². The van der Waals surface area contributed by atoms with E-state index < -0.39 is 0 Å².